The first-order valence-corrected chi connectivity index (χ1v) is 7.86. The predicted molar refractivity (Wildman–Crippen MR) is 90.6 cm³/mol. The molecule has 5 nitrogen and oxygen atoms in total. The van der Waals surface area contributed by atoms with Gasteiger partial charge in [-0.05, 0) is 56.5 Å². The van der Waals surface area contributed by atoms with Gasteiger partial charge in [0.05, 0.1) is 13.7 Å². The smallest absolute Gasteiger partial charge is 0.305 e. The number of methoxy groups -OCH3 is 1. The lowest BCUT2D eigenvalue weighted by molar-refractivity contribution is -0.142. The topological polar surface area (TPSA) is 59.0 Å². The Morgan fingerprint density at radius 3 is 2.65 bits per heavy atom. The molecular formula is C18H29NO4. The van der Waals surface area contributed by atoms with E-state index in [4.69, 9.17) is 9.47 Å². The van der Waals surface area contributed by atoms with Gasteiger partial charge < -0.3 is 14.6 Å². The zero-order chi connectivity index (χ0) is 15.9. The molecule has 23 heavy (non-hydrogen) atoms. The number of benzene rings is 1. The van der Waals surface area contributed by atoms with Crippen molar-refractivity contribution in [2.24, 2.45) is 5.92 Å². The number of phenolic OH excluding ortho intramolecular Hbond substituents is 1. The fourth-order valence-corrected chi connectivity index (χ4v) is 2.85. The normalized spacial score (nSPS) is 15.7. The second-order valence-electron chi connectivity index (χ2n) is 5.73. The first kappa shape index (κ1) is 19.3. The minimum Gasteiger partial charge on any atom is -0.504 e. The number of hydrogen-bond donors (Lipinski definition) is 1. The van der Waals surface area contributed by atoms with Gasteiger partial charge in [0.1, 0.15) is 0 Å². The Hall–Kier alpha value is -1.75. The number of esters is 1. The third-order valence-corrected chi connectivity index (χ3v) is 4.12. The van der Waals surface area contributed by atoms with Crippen LogP contribution in [0.5, 0.6) is 11.5 Å². The number of carbonyl (C=O) groups is 1. The van der Waals surface area contributed by atoms with Gasteiger partial charge in [-0.25, -0.2) is 0 Å². The molecule has 1 saturated heterocycles. The maximum Gasteiger partial charge on any atom is 0.305 e. The van der Waals surface area contributed by atoms with Crippen LogP contribution in [-0.4, -0.2) is 42.8 Å². The van der Waals surface area contributed by atoms with Crippen molar-refractivity contribution in [1.29, 1.82) is 0 Å². The van der Waals surface area contributed by atoms with Gasteiger partial charge in [-0.15, -0.1) is 0 Å². The highest BCUT2D eigenvalue weighted by Crippen LogP contribution is 2.28. The van der Waals surface area contributed by atoms with Crippen molar-refractivity contribution < 1.29 is 19.4 Å². The van der Waals surface area contributed by atoms with Crippen LogP contribution in [0, 0.1) is 5.92 Å². The number of nitrogens with zero attached hydrogens (tertiary/aromatic N) is 1. The molecule has 0 amide bonds. The number of carbonyl (C=O) groups excluding carboxylic acids is 1. The highest BCUT2D eigenvalue weighted by molar-refractivity contribution is 5.69. The third-order valence-electron chi connectivity index (χ3n) is 4.12. The number of phenols is 1. The first-order chi connectivity index (χ1) is 10.6. The summed E-state index contributed by atoms with van der Waals surface area (Å²) in [5.41, 5.74) is 1.13. The summed E-state index contributed by atoms with van der Waals surface area (Å²) in [7, 11) is 1.44. The summed E-state index contributed by atoms with van der Waals surface area (Å²) in [5.74, 6) is 1.05. The largest absolute Gasteiger partial charge is 0.504 e. The number of ether oxygens (including phenoxy) is 2. The third kappa shape index (κ3) is 5.75. The number of hydrogen-bond acceptors (Lipinski definition) is 5. The standard InChI is InChI=1S/C17H25NO4.CH4/c1-3-22-16-10-14(4-5-15(16)19)12-18-8-6-13(7-9-18)11-17(20)21-2;/h4-5,10,13,19H,3,6-9,11-12H2,1-2H3;1H4. The minimum absolute atomic E-state index is 0. The lowest BCUT2D eigenvalue weighted by atomic mass is 9.93. The van der Waals surface area contributed by atoms with E-state index >= 15 is 0 Å². The zero-order valence-corrected chi connectivity index (χ0v) is 13.4. The Labute approximate surface area is 139 Å². The van der Waals surface area contributed by atoms with Gasteiger partial charge in [-0.2, -0.15) is 0 Å². The van der Waals surface area contributed by atoms with Crippen LogP contribution in [0.1, 0.15) is 39.2 Å². The summed E-state index contributed by atoms with van der Waals surface area (Å²) in [6.45, 7) is 5.23. The molecule has 0 spiro atoms. The van der Waals surface area contributed by atoms with Crippen LogP contribution >= 0.6 is 0 Å². The van der Waals surface area contributed by atoms with Crippen molar-refractivity contribution in [3.05, 3.63) is 23.8 Å². The highest BCUT2D eigenvalue weighted by Gasteiger charge is 2.22. The molecule has 5 heteroatoms. The van der Waals surface area contributed by atoms with Gasteiger partial charge in [0.15, 0.2) is 11.5 Å². The maximum atomic E-state index is 11.3. The fraction of sp³-hybridized carbons (Fsp3) is 0.611. The predicted octanol–water partition coefficient (Wildman–Crippen LogP) is 3.20. The van der Waals surface area contributed by atoms with E-state index in [0.29, 0.717) is 24.7 Å². The molecule has 0 saturated carbocycles. The molecule has 1 fully saturated rings. The molecule has 1 N–H and O–H groups in total. The molecule has 0 radical (unpaired) electrons. The van der Waals surface area contributed by atoms with E-state index < -0.39 is 0 Å². The van der Waals surface area contributed by atoms with E-state index in [9.17, 15) is 9.90 Å². The van der Waals surface area contributed by atoms with Crippen molar-refractivity contribution >= 4 is 5.97 Å². The van der Waals surface area contributed by atoms with Crippen molar-refractivity contribution in [2.75, 3.05) is 26.8 Å². The molecule has 1 aromatic carbocycles. The van der Waals surface area contributed by atoms with Crippen molar-refractivity contribution in [1.82, 2.24) is 4.90 Å². The minimum atomic E-state index is -0.113. The van der Waals surface area contributed by atoms with Crippen LogP contribution in [0.15, 0.2) is 18.2 Å². The summed E-state index contributed by atoms with van der Waals surface area (Å²) >= 11 is 0. The van der Waals surface area contributed by atoms with Crippen molar-refractivity contribution in [2.45, 2.75) is 40.2 Å². The van der Waals surface area contributed by atoms with Gasteiger partial charge in [-0.1, -0.05) is 13.5 Å². The average molecular weight is 323 g/mol. The van der Waals surface area contributed by atoms with Crippen molar-refractivity contribution in [3.63, 3.8) is 0 Å². The Morgan fingerprint density at radius 1 is 1.35 bits per heavy atom. The van der Waals surface area contributed by atoms with Gasteiger partial charge >= 0.3 is 5.97 Å². The first-order valence-electron chi connectivity index (χ1n) is 7.86. The number of aromatic hydroxyl groups is 1. The molecular weight excluding hydrogens is 294 g/mol. The molecule has 2 rings (SSSR count). The van der Waals surface area contributed by atoms with Crippen LogP contribution in [0.2, 0.25) is 0 Å². The van der Waals surface area contributed by atoms with Crippen molar-refractivity contribution in [3.8, 4) is 11.5 Å². The molecule has 1 aromatic rings. The SMILES string of the molecule is C.CCOc1cc(CN2CCC(CC(=O)OC)CC2)ccc1O. The molecule has 0 atom stereocenters. The second-order valence-corrected chi connectivity index (χ2v) is 5.73. The van der Waals surface area contributed by atoms with Gasteiger partial charge in [0.25, 0.3) is 0 Å². The van der Waals surface area contributed by atoms with Crippen LogP contribution in [-0.2, 0) is 16.1 Å². The van der Waals surface area contributed by atoms with E-state index in [0.717, 1.165) is 38.0 Å². The van der Waals surface area contributed by atoms with E-state index in [1.165, 1.54) is 7.11 Å². The quantitative estimate of drug-likeness (QED) is 0.815. The zero-order valence-electron chi connectivity index (χ0n) is 13.4. The summed E-state index contributed by atoms with van der Waals surface area (Å²) < 4.78 is 10.2. The molecule has 1 heterocycles. The number of likely N-dealkylation sites (tertiary alicyclic amines) is 1. The van der Waals surface area contributed by atoms with Gasteiger partial charge in [-0.3, -0.25) is 9.69 Å². The van der Waals surface area contributed by atoms with Crippen LogP contribution in [0.3, 0.4) is 0 Å². The van der Waals surface area contributed by atoms with Gasteiger partial charge in [0, 0.05) is 13.0 Å². The summed E-state index contributed by atoms with van der Waals surface area (Å²) in [5, 5.41) is 9.73. The monoisotopic (exact) mass is 323 g/mol. The molecule has 0 aromatic heterocycles. The maximum absolute atomic E-state index is 11.3. The van der Waals surface area contributed by atoms with Gasteiger partial charge in [0.2, 0.25) is 0 Å². The summed E-state index contributed by atoms with van der Waals surface area (Å²) in [4.78, 5) is 13.7. The molecule has 130 valence electrons. The van der Waals surface area contributed by atoms with E-state index in [-0.39, 0.29) is 19.1 Å². The molecule has 0 aliphatic carbocycles. The Bertz CT molecular complexity index is 496. The lowest BCUT2D eigenvalue weighted by Gasteiger charge is -2.31. The Kier molecular flexibility index (Phi) is 7.89. The van der Waals surface area contributed by atoms with Crippen LogP contribution in [0.4, 0.5) is 0 Å². The average Bonchev–Trinajstić information content (AvgIpc) is 2.52. The van der Waals surface area contributed by atoms with Crippen LogP contribution in [0.25, 0.3) is 0 Å². The lowest BCUT2D eigenvalue weighted by Crippen LogP contribution is -2.34. The molecule has 0 unspecified atom stereocenters. The Morgan fingerprint density at radius 2 is 2.04 bits per heavy atom. The van der Waals surface area contributed by atoms with E-state index in [2.05, 4.69) is 4.90 Å². The highest BCUT2D eigenvalue weighted by atomic mass is 16.5. The molecule has 1 aliphatic rings. The summed E-state index contributed by atoms with van der Waals surface area (Å²) in [6.07, 6.45) is 2.56. The number of piperidine rings is 1. The fourth-order valence-electron chi connectivity index (χ4n) is 2.85. The van der Waals surface area contributed by atoms with E-state index in [1.807, 2.05) is 19.1 Å². The molecule has 0 bridgehead atoms. The van der Waals surface area contributed by atoms with E-state index in [1.54, 1.807) is 6.07 Å². The number of rotatable bonds is 6. The summed E-state index contributed by atoms with van der Waals surface area (Å²) in [6, 6.07) is 5.52. The second kappa shape index (κ2) is 9.40. The van der Waals surface area contributed by atoms with Crippen LogP contribution < -0.4 is 4.74 Å². The Balaban J connectivity index is 0.00000264. The molecule has 1 aliphatic heterocycles.